The van der Waals surface area contributed by atoms with Crippen LogP contribution in [0.5, 0.6) is 5.88 Å². The molecule has 1 aliphatic heterocycles. The van der Waals surface area contributed by atoms with Gasteiger partial charge in [0.15, 0.2) is 0 Å². The van der Waals surface area contributed by atoms with E-state index in [0.717, 1.165) is 25.8 Å². The van der Waals surface area contributed by atoms with Crippen LogP contribution < -0.4 is 10.1 Å². The molecule has 1 saturated heterocycles. The number of nitrogens with one attached hydrogen (secondary N) is 1. The SMILES string of the molecule is COc1ccc([N+](=O)[O-])c(NC[C@@H]2CCN(C(=O)C3CC3)C2)n1. The van der Waals surface area contributed by atoms with Crippen LogP contribution in [-0.2, 0) is 4.79 Å². The van der Waals surface area contributed by atoms with Gasteiger partial charge in [0.25, 0.3) is 0 Å². The minimum Gasteiger partial charge on any atom is -0.481 e. The van der Waals surface area contributed by atoms with E-state index in [-0.39, 0.29) is 29.2 Å². The topological polar surface area (TPSA) is 97.6 Å². The molecule has 8 nitrogen and oxygen atoms in total. The Labute approximate surface area is 134 Å². The van der Waals surface area contributed by atoms with Crippen LogP contribution in [0.15, 0.2) is 12.1 Å². The number of nitrogens with zero attached hydrogens (tertiary/aromatic N) is 3. The molecule has 2 heterocycles. The number of rotatable bonds is 6. The maximum atomic E-state index is 12.0. The number of ether oxygens (including phenoxy) is 1. The zero-order valence-electron chi connectivity index (χ0n) is 13.0. The van der Waals surface area contributed by atoms with Crippen molar-refractivity contribution in [2.75, 3.05) is 32.1 Å². The molecule has 1 aromatic rings. The lowest BCUT2D eigenvalue weighted by atomic mass is 10.1. The van der Waals surface area contributed by atoms with E-state index in [1.807, 2.05) is 4.90 Å². The summed E-state index contributed by atoms with van der Waals surface area (Å²) < 4.78 is 5.02. The first-order valence-corrected chi connectivity index (χ1v) is 7.80. The highest BCUT2D eigenvalue weighted by Gasteiger charge is 2.36. The number of nitro groups is 1. The fourth-order valence-corrected chi connectivity index (χ4v) is 2.85. The van der Waals surface area contributed by atoms with E-state index in [1.165, 1.54) is 19.2 Å². The van der Waals surface area contributed by atoms with E-state index in [9.17, 15) is 14.9 Å². The van der Waals surface area contributed by atoms with Gasteiger partial charge in [-0.2, -0.15) is 4.98 Å². The minimum atomic E-state index is -0.466. The van der Waals surface area contributed by atoms with Crippen LogP contribution in [0.1, 0.15) is 19.3 Å². The zero-order chi connectivity index (χ0) is 16.4. The molecule has 1 aromatic heterocycles. The Bertz CT molecular complexity index is 617. The molecule has 2 fully saturated rings. The molecule has 1 aliphatic carbocycles. The lowest BCUT2D eigenvalue weighted by molar-refractivity contribution is -0.384. The number of likely N-dealkylation sites (tertiary alicyclic amines) is 1. The summed E-state index contributed by atoms with van der Waals surface area (Å²) in [6.07, 6.45) is 2.93. The van der Waals surface area contributed by atoms with Crippen molar-refractivity contribution in [1.82, 2.24) is 9.88 Å². The number of pyridine rings is 1. The van der Waals surface area contributed by atoms with Crippen molar-refractivity contribution >= 4 is 17.4 Å². The summed E-state index contributed by atoms with van der Waals surface area (Å²) in [6, 6.07) is 2.85. The van der Waals surface area contributed by atoms with Crippen LogP contribution in [0.3, 0.4) is 0 Å². The molecular weight excluding hydrogens is 300 g/mol. The molecule has 0 unspecified atom stereocenters. The Kier molecular flexibility index (Phi) is 4.31. The third-order valence-electron chi connectivity index (χ3n) is 4.34. The maximum absolute atomic E-state index is 12.0. The molecule has 1 saturated carbocycles. The van der Waals surface area contributed by atoms with Gasteiger partial charge in [-0.05, 0) is 25.2 Å². The van der Waals surface area contributed by atoms with Crippen molar-refractivity contribution in [3.8, 4) is 5.88 Å². The van der Waals surface area contributed by atoms with Crippen molar-refractivity contribution in [1.29, 1.82) is 0 Å². The van der Waals surface area contributed by atoms with Crippen LogP contribution in [0, 0.1) is 22.0 Å². The van der Waals surface area contributed by atoms with E-state index in [0.29, 0.717) is 19.0 Å². The van der Waals surface area contributed by atoms with E-state index in [1.54, 1.807) is 0 Å². The van der Waals surface area contributed by atoms with Crippen LogP contribution in [0.4, 0.5) is 11.5 Å². The second-order valence-corrected chi connectivity index (χ2v) is 6.07. The third-order valence-corrected chi connectivity index (χ3v) is 4.34. The Morgan fingerprint density at radius 1 is 1.48 bits per heavy atom. The van der Waals surface area contributed by atoms with E-state index >= 15 is 0 Å². The predicted molar refractivity (Wildman–Crippen MR) is 83.3 cm³/mol. The van der Waals surface area contributed by atoms with E-state index < -0.39 is 4.92 Å². The van der Waals surface area contributed by atoms with Gasteiger partial charge in [0.2, 0.25) is 17.6 Å². The molecule has 2 aliphatic rings. The fraction of sp³-hybridized carbons (Fsp3) is 0.600. The first kappa shape index (κ1) is 15.5. The number of amides is 1. The van der Waals surface area contributed by atoms with Gasteiger partial charge in [-0.1, -0.05) is 0 Å². The second kappa shape index (κ2) is 6.39. The van der Waals surface area contributed by atoms with Gasteiger partial charge in [0, 0.05) is 37.7 Å². The van der Waals surface area contributed by atoms with Crippen LogP contribution in [0.2, 0.25) is 0 Å². The average molecular weight is 320 g/mol. The van der Waals surface area contributed by atoms with Crippen molar-refractivity contribution in [2.24, 2.45) is 11.8 Å². The van der Waals surface area contributed by atoms with Gasteiger partial charge in [0.05, 0.1) is 12.0 Å². The molecule has 3 rings (SSSR count). The summed E-state index contributed by atoms with van der Waals surface area (Å²) in [7, 11) is 1.47. The van der Waals surface area contributed by atoms with Gasteiger partial charge in [-0.3, -0.25) is 14.9 Å². The Morgan fingerprint density at radius 2 is 2.26 bits per heavy atom. The van der Waals surface area contributed by atoms with Gasteiger partial charge < -0.3 is 15.0 Å². The molecular formula is C15H20N4O4. The quantitative estimate of drug-likeness (QED) is 0.632. The Balaban J connectivity index is 1.60. The lowest BCUT2D eigenvalue weighted by Gasteiger charge is -2.16. The first-order chi connectivity index (χ1) is 11.1. The minimum absolute atomic E-state index is 0.0743. The Morgan fingerprint density at radius 3 is 2.91 bits per heavy atom. The zero-order valence-corrected chi connectivity index (χ0v) is 13.0. The number of methoxy groups -OCH3 is 1. The molecule has 8 heteroatoms. The number of anilines is 1. The molecule has 23 heavy (non-hydrogen) atoms. The second-order valence-electron chi connectivity index (χ2n) is 6.07. The van der Waals surface area contributed by atoms with Gasteiger partial charge in [-0.15, -0.1) is 0 Å². The number of hydrogen-bond donors (Lipinski definition) is 1. The monoisotopic (exact) mass is 320 g/mol. The summed E-state index contributed by atoms with van der Waals surface area (Å²) in [4.78, 5) is 28.7. The largest absolute Gasteiger partial charge is 0.481 e. The number of aromatic nitrogens is 1. The van der Waals surface area contributed by atoms with Crippen molar-refractivity contribution in [3.63, 3.8) is 0 Å². The lowest BCUT2D eigenvalue weighted by Crippen LogP contribution is -2.30. The molecule has 0 radical (unpaired) electrons. The van der Waals surface area contributed by atoms with Crippen molar-refractivity contribution < 1.29 is 14.5 Å². The summed E-state index contributed by atoms with van der Waals surface area (Å²) >= 11 is 0. The molecule has 1 atom stereocenters. The molecule has 0 spiro atoms. The standard InChI is InChI=1S/C15H20N4O4/c1-23-13-5-4-12(19(21)22)14(17-13)16-8-10-6-7-18(9-10)15(20)11-2-3-11/h4-5,10-11H,2-3,6-9H2,1H3,(H,16,17)/t10-/m0/s1. The molecule has 1 amide bonds. The normalized spacial score (nSPS) is 20.4. The third kappa shape index (κ3) is 3.52. The first-order valence-electron chi connectivity index (χ1n) is 7.80. The highest BCUT2D eigenvalue weighted by Crippen LogP contribution is 2.33. The summed E-state index contributed by atoms with van der Waals surface area (Å²) in [5.74, 6) is 1.32. The van der Waals surface area contributed by atoms with Gasteiger partial charge in [-0.25, -0.2) is 0 Å². The number of hydrogen-bond acceptors (Lipinski definition) is 6. The average Bonchev–Trinajstić information content (AvgIpc) is 3.30. The molecule has 0 aromatic carbocycles. The van der Waals surface area contributed by atoms with Crippen molar-refractivity contribution in [3.05, 3.63) is 22.2 Å². The van der Waals surface area contributed by atoms with Crippen LogP contribution in [0.25, 0.3) is 0 Å². The summed E-state index contributed by atoms with van der Waals surface area (Å²) in [5.41, 5.74) is -0.0743. The predicted octanol–water partition coefficient (Wildman–Crippen LogP) is 1.67. The number of carbonyl (C=O) groups excluding carboxylic acids is 1. The summed E-state index contributed by atoms with van der Waals surface area (Å²) in [6.45, 7) is 2.03. The smallest absolute Gasteiger partial charge is 0.311 e. The van der Waals surface area contributed by atoms with E-state index in [4.69, 9.17) is 4.74 Å². The van der Waals surface area contributed by atoms with Crippen molar-refractivity contribution in [2.45, 2.75) is 19.3 Å². The van der Waals surface area contributed by atoms with Crippen LogP contribution in [-0.4, -0.2) is 47.5 Å². The van der Waals surface area contributed by atoms with Crippen LogP contribution >= 0.6 is 0 Å². The molecule has 124 valence electrons. The fourth-order valence-electron chi connectivity index (χ4n) is 2.85. The van der Waals surface area contributed by atoms with E-state index in [2.05, 4.69) is 10.3 Å². The van der Waals surface area contributed by atoms with Gasteiger partial charge >= 0.3 is 5.69 Å². The molecule has 1 N–H and O–H groups in total. The molecule has 0 bridgehead atoms. The highest BCUT2D eigenvalue weighted by atomic mass is 16.6. The maximum Gasteiger partial charge on any atom is 0.311 e. The highest BCUT2D eigenvalue weighted by molar-refractivity contribution is 5.81. The number of carbonyl (C=O) groups is 1. The Hall–Kier alpha value is -2.38. The summed E-state index contributed by atoms with van der Waals surface area (Å²) in [5, 5.41) is 14.1. The van der Waals surface area contributed by atoms with Gasteiger partial charge in [0.1, 0.15) is 0 Å².